The topological polar surface area (TPSA) is 92.5 Å². The molecule has 1 aliphatic heterocycles. The molecule has 0 bridgehead atoms. The summed E-state index contributed by atoms with van der Waals surface area (Å²) in [5.41, 5.74) is 7.91. The van der Waals surface area contributed by atoms with E-state index in [2.05, 4.69) is 5.32 Å². The van der Waals surface area contributed by atoms with Crippen LogP contribution in [0.4, 0.5) is 5.69 Å². The van der Waals surface area contributed by atoms with Gasteiger partial charge in [-0.05, 0) is 55.6 Å². The standard InChI is InChI=1S/C21H33N3O3S/c1-3-13-28(26,27)24-11-9-21(10-12-24,14-17-7-8-17)15-23-20(25)19-16(2)5-4-6-18(19)22/h4-6,17H,3,7-15,22H2,1-2H3,(H,23,25). The van der Waals surface area contributed by atoms with Crippen molar-refractivity contribution >= 4 is 21.6 Å². The number of carbonyl (C=O) groups is 1. The molecule has 1 aromatic carbocycles. The van der Waals surface area contributed by atoms with Crippen molar-refractivity contribution in [2.75, 3.05) is 31.1 Å². The van der Waals surface area contributed by atoms with Gasteiger partial charge in [-0.15, -0.1) is 0 Å². The first-order chi connectivity index (χ1) is 13.3. The molecule has 1 aromatic rings. The van der Waals surface area contributed by atoms with Crippen LogP contribution in [0.5, 0.6) is 0 Å². The van der Waals surface area contributed by atoms with Gasteiger partial charge >= 0.3 is 0 Å². The van der Waals surface area contributed by atoms with Gasteiger partial charge in [-0.2, -0.15) is 0 Å². The largest absolute Gasteiger partial charge is 0.398 e. The van der Waals surface area contributed by atoms with Gasteiger partial charge in [0.1, 0.15) is 0 Å². The van der Waals surface area contributed by atoms with Gasteiger partial charge in [0.2, 0.25) is 10.0 Å². The number of hydrogen-bond donors (Lipinski definition) is 2. The maximum atomic E-state index is 12.8. The van der Waals surface area contributed by atoms with Gasteiger partial charge in [-0.1, -0.05) is 31.9 Å². The van der Waals surface area contributed by atoms with Crippen LogP contribution >= 0.6 is 0 Å². The Hall–Kier alpha value is -1.60. The molecule has 0 unspecified atom stereocenters. The molecular formula is C21H33N3O3S. The van der Waals surface area contributed by atoms with E-state index in [1.54, 1.807) is 10.4 Å². The molecule has 3 rings (SSSR count). The Kier molecular flexibility index (Phi) is 6.34. The highest BCUT2D eigenvalue weighted by molar-refractivity contribution is 7.89. The van der Waals surface area contributed by atoms with Crippen molar-refractivity contribution in [3.63, 3.8) is 0 Å². The van der Waals surface area contributed by atoms with Gasteiger partial charge in [0.25, 0.3) is 5.91 Å². The molecule has 0 atom stereocenters. The number of nitrogen functional groups attached to an aromatic ring is 1. The van der Waals surface area contributed by atoms with Crippen LogP contribution in [0, 0.1) is 18.3 Å². The van der Waals surface area contributed by atoms with E-state index in [1.807, 2.05) is 26.0 Å². The average molecular weight is 408 g/mol. The fraction of sp³-hybridized carbons (Fsp3) is 0.667. The van der Waals surface area contributed by atoms with Crippen LogP contribution in [-0.4, -0.2) is 44.0 Å². The van der Waals surface area contributed by atoms with Crippen LogP contribution < -0.4 is 11.1 Å². The Balaban J connectivity index is 1.67. The molecule has 1 heterocycles. The Bertz CT molecular complexity index is 790. The highest BCUT2D eigenvalue weighted by Gasteiger charge is 2.41. The fourth-order valence-electron chi connectivity index (χ4n) is 4.37. The maximum absolute atomic E-state index is 12.8. The number of piperidine rings is 1. The summed E-state index contributed by atoms with van der Waals surface area (Å²) in [6, 6.07) is 5.49. The number of nitrogens with one attached hydrogen (secondary N) is 1. The van der Waals surface area contributed by atoms with Gasteiger partial charge in [0.05, 0.1) is 11.3 Å². The van der Waals surface area contributed by atoms with Crippen LogP contribution in [0.15, 0.2) is 18.2 Å². The van der Waals surface area contributed by atoms with E-state index in [4.69, 9.17) is 5.73 Å². The molecule has 0 spiro atoms. The summed E-state index contributed by atoms with van der Waals surface area (Å²) in [7, 11) is -3.15. The normalized spacial score (nSPS) is 20.1. The first kappa shape index (κ1) is 21.1. The molecule has 1 saturated carbocycles. The predicted molar refractivity (Wildman–Crippen MR) is 113 cm³/mol. The first-order valence-corrected chi connectivity index (χ1v) is 12.0. The molecule has 1 amide bonds. The zero-order chi connectivity index (χ0) is 20.4. The van der Waals surface area contributed by atoms with E-state index in [-0.39, 0.29) is 17.1 Å². The summed E-state index contributed by atoms with van der Waals surface area (Å²) >= 11 is 0. The molecule has 0 aromatic heterocycles. The monoisotopic (exact) mass is 407 g/mol. The zero-order valence-electron chi connectivity index (χ0n) is 17.0. The van der Waals surface area contributed by atoms with Crippen LogP contribution in [0.3, 0.4) is 0 Å². The number of nitrogens with two attached hydrogens (primary N) is 1. The molecule has 7 heteroatoms. The summed E-state index contributed by atoms with van der Waals surface area (Å²) in [6.45, 7) is 5.47. The molecule has 0 radical (unpaired) electrons. The molecule has 156 valence electrons. The number of rotatable bonds is 8. The number of hydrogen-bond acceptors (Lipinski definition) is 4. The molecule has 6 nitrogen and oxygen atoms in total. The fourth-order valence-corrected chi connectivity index (χ4v) is 5.88. The van der Waals surface area contributed by atoms with Gasteiger partial charge in [0.15, 0.2) is 0 Å². The minimum absolute atomic E-state index is 0.0213. The predicted octanol–water partition coefficient (Wildman–Crippen LogP) is 2.93. The van der Waals surface area contributed by atoms with Gasteiger partial charge < -0.3 is 11.1 Å². The van der Waals surface area contributed by atoms with E-state index in [1.165, 1.54) is 12.8 Å². The highest BCUT2D eigenvalue weighted by atomic mass is 32.2. The minimum Gasteiger partial charge on any atom is -0.398 e. The Morgan fingerprint density at radius 1 is 1.29 bits per heavy atom. The van der Waals surface area contributed by atoms with Gasteiger partial charge in [0, 0.05) is 25.3 Å². The van der Waals surface area contributed by atoms with Crippen molar-refractivity contribution in [3.05, 3.63) is 29.3 Å². The summed E-state index contributed by atoms with van der Waals surface area (Å²) in [6.07, 6.45) is 5.81. The second-order valence-electron chi connectivity index (χ2n) is 8.58. The quantitative estimate of drug-likeness (QED) is 0.648. The SMILES string of the molecule is CCCS(=O)(=O)N1CCC(CNC(=O)c2c(C)cccc2N)(CC2CC2)CC1. The maximum Gasteiger partial charge on any atom is 0.253 e. The van der Waals surface area contributed by atoms with Crippen molar-refractivity contribution in [3.8, 4) is 0 Å². The van der Waals surface area contributed by atoms with Crippen molar-refractivity contribution in [2.24, 2.45) is 11.3 Å². The van der Waals surface area contributed by atoms with Crippen molar-refractivity contribution in [1.82, 2.24) is 9.62 Å². The van der Waals surface area contributed by atoms with Gasteiger partial charge in [-0.3, -0.25) is 4.79 Å². The lowest BCUT2D eigenvalue weighted by molar-refractivity contribution is 0.0871. The summed E-state index contributed by atoms with van der Waals surface area (Å²) in [5.74, 6) is 0.803. The number of aryl methyl sites for hydroxylation is 1. The molecule has 2 fully saturated rings. The number of nitrogens with zero attached hydrogens (tertiary/aromatic N) is 1. The zero-order valence-corrected chi connectivity index (χ0v) is 17.9. The number of amides is 1. The van der Waals surface area contributed by atoms with Crippen molar-refractivity contribution < 1.29 is 13.2 Å². The lowest BCUT2D eigenvalue weighted by Gasteiger charge is -2.42. The summed E-state index contributed by atoms with van der Waals surface area (Å²) < 4.78 is 26.4. The number of carbonyl (C=O) groups excluding carboxylic acids is 1. The first-order valence-electron chi connectivity index (χ1n) is 10.4. The van der Waals surface area contributed by atoms with E-state index in [9.17, 15) is 13.2 Å². The molecule has 3 N–H and O–H groups in total. The second kappa shape index (κ2) is 8.41. The summed E-state index contributed by atoms with van der Waals surface area (Å²) in [4.78, 5) is 12.8. The van der Waals surface area contributed by atoms with E-state index >= 15 is 0 Å². The number of anilines is 1. The Labute approximate surface area is 168 Å². The molecular weight excluding hydrogens is 374 g/mol. The number of benzene rings is 1. The third kappa shape index (κ3) is 4.87. The Morgan fingerprint density at radius 2 is 1.96 bits per heavy atom. The van der Waals surface area contributed by atoms with E-state index < -0.39 is 10.0 Å². The summed E-state index contributed by atoms with van der Waals surface area (Å²) in [5, 5.41) is 3.12. The van der Waals surface area contributed by atoms with Crippen molar-refractivity contribution in [1.29, 1.82) is 0 Å². The molecule has 1 aliphatic carbocycles. The van der Waals surface area contributed by atoms with Crippen molar-refractivity contribution in [2.45, 2.75) is 52.4 Å². The molecule has 1 saturated heterocycles. The Morgan fingerprint density at radius 3 is 2.54 bits per heavy atom. The van der Waals surface area contributed by atoms with Crippen LogP contribution in [0.1, 0.15) is 61.4 Å². The van der Waals surface area contributed by atoms with E-state index in [0.717, 1.165) is 30.7 Å². The third-order valence-corrected chi connectivity index (χ3v) is 8.29. The molecule has 2 aliphatic rings. The molecule has 28 heavy (non-hydrogen) atoms. The number of sulfonamides is 1. The minimum atomic E-state index is -3.15. The average Bonchev–Trinajstić information content (AvgIpc) is 3.44. The highest BCUT2D eigenvalue weighted by Crippen LogP contribution is 2.45. The third-order valence-electron chi connectivity index (χ3n) is 6.21. The lowest BCUT2D eigenvalue weighted by atomic mass is 9.74. The second-order valence-corrected chi connectivity index (χ2v) is 10.7. The van der Waals surface area contributed by atoms with Crippen LogP contribution in [0.2, 0.25) is 0 Å². The smallest absolute Gasteiger partial charge is 0.253 e. The van der Waals surface area contributed by atoms with Gasteiger partial charge in [-0.25, -0.2) is 12.7 Å². The van der Waals surface area contributed by atoms with E-state index in [0.29, 0.717) is 37.3 Å². The van der Waals surface area contributed by atoms with Crippen LogP contribution in [-0.2, 0) is 10.0 Å². The lowest BCUT2D eigenvalue weighted by Crippen LogP contribution is -2.48. The van der Waals surface area contributed by atoms with Crippen LogP contribution in [0.25, 0.3) is 0 Å².